The largest absolute Gasteiger partial charge is 0.357 e. The molecule has 32 heavy (non-hydrogen) atoms. The number of allylic oxidation sites excluding steroid dienone is 1. The number of nitrogens with one attached hydrogen (secondary N) is 2. The number of urea groups is 1. The summed E-state index contributed by atoms with van der Waals surface area (Å²) in [6.07, 6.45) is 2.05. The van der Waals surface area contributed by atoms with E-state index in [-0.39, 0.29) is 11.8 Å². The molecular formula is C26H22ClN3O2. The maximum atomic E-state index is 13.8. The molecule has 0 bridgehead atoms. The lowest BCUT2D eigenvalue weighted by Gasteiger charge is -2.33. The molecule has 0 spiro atoms. The third-order valence-corrected chi connectivity index (χ3v) is 6.12. The molecule has 5 nitrogen and oxygen atoms in total. The summed E-state index contributed by atoms with van der Waals surface area (Å²) < 4.78 is 0. The van der Waals surface area contributed by atoms with Crippen LogP contribution in [0.25, 0.3) is 0 Å². The Bertz CT molecular complexity index is 1210. The minimum atomic E-state index is -0.539. The van der Waals surface area contributed by atoms with Crippen molar-refractivity contribution in [3.63, 3.8) is 0 Å². The van der Waals surface area contributed by atoms with Gasteiger partial charge in [-0.05, 0) is 54.8 Å². The van der Waals surface area contributed by atoms with E-state index in [4.69, 9.17) is 11.6 Å². The highest BCUT2D eigenvalue weighted by molar-refractivity contribution is 6.30. The van der Waals surface area contributed by atoms with Gasteiger partial charge in [-0.3, -0.25) is 9.69 Å². The number of Topliss-reactive ketones (excluding diaryl/α,β-unsaturated/α-hetero) is 1. The number of rotatable bonds is 2. The van der Waals surface area contributed by atoms with Gasteiger partial charge < -0.3 is 10.6 Å². The van der Waals surface area contributed by atoms with Crippen molar-refractivity contribution >= 4 is 40.5 Å². The van der Waals surface area contributed by atoms with Crippen LogP contribution in [0, 0.1) is 0 Å². The highest BCUT2D eigenvalue weighted by atomic mass is 35.5. The van der Waals surface area contributed by atoms with Crippen LogP contribution in [-0.2, 0) is 4.79 Å². The standard InChI is InChI=1S/C26H22ClN3O2/c27-18-13-15-19(16-14-18)28-26(32)30-22-11-5-4-9-20(22)29-21-10-6-12-23(31)24(21)25(30)17-7-2-1-3-8-17/h1-5,7-9,11,13-16,25,29H,6,10,12H2,(H,28,32)/t25-/m0/s1. The van der Waals surface area contributed by atoms with Gasteiger partial charge in [0.15, 0.2) is 5.78 Å². The van der Waals surface area contributed by atoms with Crippen molar-refractivity contribution < 1.29 is 9.59 Å². The fourth-order valence-corrected chi connectivity index (χ4v) is 4.55. The van der Waals surface area contributed by atoms with E-state index in [0.29, 0.717) is 22.7 Å². The van der Waals surface area contributed by atoms with Crippen molar-refractivity contribution in [1.82, 2.24) is 0 Å². The topological polar surface area (TPSA) is 61.4 Å². The molecular weight excluding hydrogens is 422 g/mol. The lowest BCUT2D eigenvalue weighted by molar-refractivity contribution is -0.116. The van der Waals surface area contributed by atoms with E-state index < -0.39 is 6.04 Å². The molecule has 0 fully saturated rings. The lowest BCUT2D eigenvalue weighted by atomic mass is 9.86. The number of benzene rings is 3. The first-order chi connectivity index (χ1) is 15.6. The molecule has 0 saturated carbocycles. The van der Waals surface area contributed by atoms with E-state index in [1.54, 1.807) is 29.2 Å². The number of anilines is 3. The average Bonchev–Trinajstić information content (AvgIpc) is 2.96. The molecule has 1 heterocycles. The molecule has 5 rings (SSSR count). The van der Waals surface area contributed by atoms with Crippen molar-refractivity contribution in [1.29, 1.82) is 0 Å². The van der Waals surface area contributed by atoms with E-state index in [1.807, 2.05) is 54.6 Å². The van der Waals surface area contributed by atoms with Crippen LogP contribution in [0.2, 0.25) is 5.02 Å². The van der Waals surface area contributed by atoms with Gasteiger partial charge in [0.2, 0.25) is 0 Å². The van der Waals surface area contributed by atoms with Gasteiger partial charge in [0, 0.05) is 28.4 Å². The number of carbonyl (C=O) groups excluding carboxylic acids is 2. The fourth-order valence-electron chi connectivity index (χ4n) is 4.43. The first kappa shape index (κ1) is 20.3. The van der Waals surface area contributed by atoms with E-state index >= 15 is 0 Å². The highest BCUT2D eigenvalue weighted by Crippen LogP contribution is 2.44. The number of halogens is 1. The Morgan fingerprint density at radius 3 is 2.44 bits per heavy atom. The van der Waals surface area contributed by atoms with Crippen LogP contribution in [-0.4, -0.2) is 11.8 Å². The first-order valence-electron chi connectivity index (χ1n) is 10.6. The maximum Gasteiger partial charge on any atom is 0.327 e. The molecule has 0 unspecified atom stereocenters. The van der Waals surface area contributed by atoms with Gasteiger partial charge in [-0.25, -0.2) is 4.79 Å². The van der Waals surface area contributed by atoms with Crippen LogP contribution in [0.5, 0.6) is 0 Å². The summed E-state index contributed by atoms with van der Waals surface area (Å²) in [4.78, 5) is 28.7. The second-order valence-corrected chi connectivity index (χ2v) is 8.37. The van der Waals surface area contributed by atoms with Gasteiger partial charge in [-0.15, -0.1) is 0 Å². The Labute approximate surface area is 191 Å². The van der Waals surface area contributed by atoms with E-state index in [2.05, 4.69) is 10.6 Å². The molecule has 1 atom stereocenters. The summed E-state index contributed by atoms with van der Waals surface area (Å²) in [5, 5.41) is 7.05. The number of hydrogen-bond acceptors (Lipinski definition) is 3. The molecule has 1 aliphatic heterocycles. The summed E-state index contributed by atoms with van der Waals surface area (Å²) in [5.74, 6) is 0.0738. The number of fused-ring (bicyclic) bond motifs is 1. The molecule has 2 amide bonds. The zero-order chi connectivity index (χ0) is 22.1. The van der Waals surface area contributed by atoms with Gasteiger partial charge in [-0.1, -0.05) is 54.1 Å². The van der Waals surface area contributed by atoms with E-state index in [1.165, 1.54) is 0 Å². The quantitative estimate of drug-likeness (QED) is 0.472. The second kappa shape index (κ2) is 8.52. The predicted octanol–water partition coefficient (Wildman–Crippen LogP) is 6.55. The molecule has 0 saturated heterocycles. The molecule has 0 aromatic heterocycles. The van der Waals surface area contributed by atoms with E-state index in [0.717, 1.165) is 35.5 Å². The highest BCUT2D eigenvalue weighted by Gasteiger charge is 2.39. The summed E-state index contributed by atoms with van der Waals surface area (Å²) in [5.41, 5.74) is 4.59. The molecule has 2 N–H and O–H groups in total. The predicted molar refractivity (Wildman–Crippen MR) is 128 cm³/mol. The van der Waals surface area contributed by atoms with Gasteiger partial charge >= 0.3 is 6.03 Å². The maximum absolute atomic E-state index is 13.8. The van der Waals surface area contributed by atoms with Crippen LogP contribution in [0.3, 0.4) is 0 Å². The normalized spacial score (nSPS) is 17.7. The Morgan fingerprint density at radius 2 is 1.66 bits per heavy atom. The number of hydrogen-bond donors (Lipinski definition) is 2. The zero-order valence-electron chi connectivity index (χ0n) is 17.3. The molecule has 0 radical (unpaired) electrons. The van der Waals surface area contributed by atoms with Gasteiger partial charge in [0.25, 0.3) is 0 Å². The van der Waals surface area contributed by atoms with Crippen LogP contribution in [0.15, 0.2) is 90.1 Å². The zero-order valence-corrected chi connectivity index (χ0v) is 18.1. The summed E-state index contributed by atoms with van der Waals surface area (Å²) in [6, 6.07) is 23.5. The second-order valence-electron chi connectivity index (χ2n) is 7.93. The van der Waals surface area contributed by atoms with Crippen LogP contribution in [0.4, 0.5) is 21.9 Å². The first-order valence-corrected chi connectivity index (χ1v) is 11.0. The smallest absolute Gasteiger partial charge is 0.327 e. The monoisotopic (exact) mass is 443 g/mol. The Hall–Kier alpha value is -3.57. The minimum absolute atomic E-state index is 0.0738. The lowest BCUT2D eigenvalue weighted by Crippen LogP contribution is -2.40. The molecule has 2 aliphatic rings. The number of carbonyl (C=O) groups is 2. The molecule has 6 heteroatoms. The Morgan fingerprint density at radius 1 is 0.938 bits per heavy atom. The van der Waals surface area contributed by atoms with Crippen molar-refractivity contribution in [2.45, 2.75) is 25.3 Å². The van der Waals surface area contributed by atoms with Gasteiger partial charge in [0.05, 0.1) is 17.4 Å². The van der Waals surface area contributed by atoms with Crippen molar-refractivity contribution in [2.24, 2.45) is 0 Å². The number of ketones is 1. The van der Waals surface area contributed by atoms with Crippen LogP contribution in [0.1, 0.15) is 30.9 Å². The molecule has 160 valence electrons. The Kier molecular flexibility index (Phi) is 5.41. The van der Waals surface area contributed by atoms with Crippen molar-refractivity contribution in [3.05, 3.63) is 101 Å². The van der Waals surface area contributed by atoms with Gasteiger partial charge in [-0.2, -0.15) is 0 Å². The summed E-state index contributed by atoms with van der Waals surface area (Å²) in [6.45, 7) is 0. The third kappa shape index (κ3) is 3.76. The van der Waals surface area contributed by atoms with Crippen molar-refractivity contribution in [3.8, 4) is 0 Å². The number of amides is 2. The average molecular weight is 444 g/mol. The fraction of sp³-hybridized carbons (Fsp3) is 0.154. The Balaban J connectivity index is 1.68. The molecule has 3 aromatic rings. The number of para-hydroxylation sites is 2. The van der Waals surface area contributed by atoms with Gasteiger partial charge in [0.1, 0.15) is 0 Å². The molecule has 1 aliphatic carbocycles. The van der Waals surface area contributed by atoms with Crippen LogP contribution >= 0.6 is 11.6 Å². The van der Waals surface area contributed by atoms with Crippen molar-refractivity contribution in [2.75, 3.05) is 15.5 Å². The SMILES string of the molecule is O=C1CCCC2=C1[C@H](c1ccccc1)N(C(=O)Nc1ccc(Cl)cc1)c1ccccc1N2. The molecule has 3 aromatic carbocycles. The van der Waals surface area contributed by atoms with E-state index in [9.17, 15) is 9.59 Å². The minimum Gasteiger partial charge on any atom is -0.357 e. The summed E-state index contributed by atoms with van der Waals surface area (Å²) in [7, 11) is 0. The summed E-state index contributed by atoms with van der Waals surface area (Å²) >= 11 is 6.01. The third-order valence-electron chi connectivity index (χ3n) is 5.87. The number of nitrogens with zero attached hydrogens (tertiary/aromatic N) is 1. The van der Waals surface area contributed by atoms with Crippen LogP contribution < -0.4 is 15.5 Å².